The Morgan fingerprint density at radius 3 is 2.79 bits per heavy atom. The summed E-state index contributed by atoms with van der Waals surface area (Å²) in [5.74, 6) is 0.604. The lowest BCUT2D eigenvalue weighted by molar-refractivity contribution is -0.141. The Bertz CT molecular complexity index is 1090. The number of carbonyl (C=O) groups excluding carboxylic acids is 1. The molecule has 8 heteroatoms. The molecule has 8 nitrogen and oxygen atoms in total. The van der Waals surface area contributed by atoms with E-state index in [2.05, 4.69) is 10.3 Å². The highest BCUT2D eigenvalue weighted by Crippen LogP contribution is 2.28. The van der Waals surface area contributed by atoms with E-state index in [0.717, 1.165) is 16.7 Å². The van der Waals surface area contributed by atoms with Crippen molar-refractivity contribution in [3.05, 3.63) is 64.5 Å². The quantitative estimate of drug-likeness (QED) is 0.428. The minimum Gasteiger partial charge on any atom is -0.493 e. The van der Waals surface area contributed by atoms with Gasteiger partial charge in [0.05, 0.1) is 19.1 Å². The number of hydrogen-bond acceptors (Lipinski definition) is 7. The van der Waals surface area contributed by atoms with Crippen LogP contribution in [-0.2, 0) is 16.3 Å². The Morgan fingerprint density at radius 1 is 1.17 bits per heavy atom. The number of aromatic nitrogens is 3. The minimum absolute atomic E-state index is 0.326. The molecule has 0 fully saturated rings. The molecule has 0 aliphatic heterocycles. The second kappa shape index (κ2) is 9.50. The number of nitrogens with zero attached hydrogens (tertiary/aromatic N) is 3. The van der Waals surface area contributed by atoms with Crippen LogP contribution in [0.15, 0.2) is 53.3 Å². The Balaban J connectivity index is 1.64. The van der Waals surface area contributed by atoms with Crippen LogP contribution in [0.2, 0.25) is 0 Å². The Kier molecular flexibility index (Phi) is 6.57. The summed E-state index contributed by atoms with van der Waals surface area (Å²) < 4.78 is 17.0. The lowest BCUT2D eigenvalue weighted by Crippen LogP contribution is -2.26. The first-order chi connectivity index (χ1) is 14.1. The van der Waals surface area contributed by atoms with E-state index in [9.17, 15) is 9.59 Å². The van der Waals surface area contributed by atoms with Crippen molar-refractivity contribution in [2.75, 3.05) is 13.7 Å². The third-order valence-corrected chi connectivity index (χ3v) is 4.02. The average molecular weight is 395 g/mol. The van der Waals surface area contributed by atoms with E-state index in [0.29, 0.717) is 29.0 Å². The molecule has 150 valence electrons. The molecule has 2 aromatic carbocycles. The van der Waals surface area contributed by atoms with E-state index >= 15 is 0 Å². The molecule has 3 rings (SSSR count). The number of benzene rings is 2. The molecule has 0 saturated carbocycles. The molecule has 1 heterocycles. The molecule has 3 aromatic rings. The second-order valence-corrected chi connectivity index (χ2v) is 6.10. The maximum absolute atomic E-state index is 12.3. The van der Waals surface area contributed by atoms with Gasteiger partial charge in [0, 0.05) is 6.08 Å². The van der Waals surface area contributed by atoms with Crippen molar-refractivity contribution < 1.29 is 19.0 Å². The zero-order valence-electron chi connectivity index (χ0n) is 16.2. The molecule has 0 N–H and O–H groups in total. The SMILES string of the molecule is CCCOc1ccc(/C=C/C(=O)OCn2nnc3ccccc3c2=O)cc1OC. The molecule has 29 heavy (non-hydrogen) atoms. The predicted octanol–water partition coefficient (Wildman–Crippen LogP) is 2.80. The Morgan fingerprint density at radius 2 is 2.00 bits per heavy atom. The summed E-state index contributed by atoms with van der Waals surface area (Å²) in [4.78, 5) is 24.3. The maximum atomic E-state index is 12.3. The lowest BCUT2D eigenvalue weighted by atomic mass is 10.2. The van der Waals surface area contributed by atoms with Gasteiger partial charge in [0.15, 0.2) is 18.2 Å². The van der Waals surface area contributed by atoms with Gasteiger partial charge < -0.3 is 14.2 Å². The van der Waals surface area contributed by atoms with Crippen molar-refractivity contribution in [2.24, 2.45) is 0 Å². The third kappa shape index (κ3) is 4.98. The summed E-state index contributed by atoms with van der Waals surface area (Å²) in [6, 6.07) is 12.2. The highest BCUT2D eigenvalue weighted by molar-refractivity contribution is 5.87. The molecule has 0 atom stereocenters. The molecule has 0 aliphatic rings. The van der Waals surface area contributed by atoms with E-state index in [-0.39, 0.29) is 12.3 Å². The van der Waals surface area contributed by atoms with Crippen molar-refractivity contribution in [1.82, 2.24) is 15.0 Å². The smallest absolute Gasteiger partial charge is 0.332 e. The Hall–Kier alpha value is -3.68. The van der Waals surface area contributed by atoms with E-state index in [1.165, 1.54) is 6.08 Å². The molecule has 0 radical (unpaired) electrons. The van der Waals surface area contributed by atoms with Crippen LogP contribution in [0, 0.1) is 0 Å². The van der Waals surface area contributed by atoms with E-state index in [1.807, 2.05) is 6.92 Å². The highest BCUT2D eigenvalue weighted by atomic mass is 16.5. The van der Waals surface area contributed by atoms with Gasteiger partial charge in [-0.25, -0.2) is 4.79 Å². The van der Waals surface area contributed by atoms with Crippen LogP contribution in [0.1, 0.15) is 18.9 Å². The van der Waals surface area contributed by atoms with Gasteiger partial charge in [-0.15, -0.1) is 5.10 Å². The first-order valence-electron chi connectivity index (χ1n) is 9.10. The average Bonchev–Trinajstić information content (AvgIpc) is 2.76. The van der Waals surface area contributed by atoms with Crippen molar-refractivity contribution in [1.29, 1.82) is 0 Å². The van der Waals surface area contributed by atoms with Crippen molar-refractivity contribution in [3.8, 4) is 11.5 Å². The molecule has 0 spiro atoms. The van der Waals surface area contributed by atoms with Crippen LogP contribution in [0.25, 0.3) is 17.0 Å². The number of methoxy groups -OCH3 is 1. The highest BCUT2D eigenvalue weighted by Gasteiger charge is 2.07. The van der Waals surface area contributed by atoms with Gasteiger partial charge in [-0.3, -0.25) is 4.79 Å². The van der Waals surface area contributed by atoms with Crippen LogP contribution >= 0.6 is 0 Å². The van der Waals surface area contributed by atoms with Crippen LogP contribution < -0.4 is 15.0 Å². The van der Waals surface area contributed by atoms with E-state index in [4.69, 9.17) is 14.2 Å². The second-order valence-electron chi connectivity index (χ2n) is 6.10. The monoisotopic (exact) mass is 395 g/mol. The fraction of sp³-hybridized carbons (Fsp3) is 0.238. The topological polar surface area (TPSA) is 92.5 Å². The van der Waals surface area contributed by atoms with Crippen LogP contribution in [0.3, 0.4) is 0 Å². The zero-order valence-corrected chi connectivity index (χ0v) is 16.2. The van der Waals surface area contributed by atoms with Crippen LogP contribution in [-0.4, -0.2) is 34.7 Å². The number of ether oxygens (including phenoxy) is 3. The number of carbonyl (C=O) groups is 1. The summed E-state index contributed by atoms with van der Waals surface area (Å²) in [5.41, 5.74) is 0.852. The first-order valence-corrected chi connectivity index (χ1v) is 9.10. The summed E-state index contributed by atoms with van der Waals surface area (Å²) >= 11 is 0. The van der Waals surface area contributed by atoms with Gasteiger partial charge >= 0.3 is 5.97 Å². The largest absolute Gasteiger partial charge is 0.493 e. The molecule has 0 amide bonds. The summed E-state index contributed by atoms with van der Waals surface area (Å²) in [6.45, 7) is 2.29. The number of fused-ring (bicyclic) bond motifs is 1. The van der Waals surface area contributed by atoms with Crippen molar-refractivity contribution >= 4 is 22.9 Å². The van der Waals surface area contributed by atoms with Crippen LogP contribution in [0.4, 0.5) is 0 Å². The molecular formula is C21H21N3O5. The van der Waals surface area contributed by atoms with Gasteiger partial charge in [-0.2, -0.15) is 4.68 Å². The number of hydrogen-bond donors (Lipinski definition) is 0. The van der Waals surface area contributed by atoms with E-state index < -0.39 is 5.97 Å². The van der Waals surface area contributed by atoms with Crippen molar-refractivity contribution in [3.63, 3.8) is 0 Å². The molecule has 0 unspecified atom stereocenters. The molecular weight excluding hydrogens is 374 g/mol. The summed E-state index contributed by atoms with van der Waals surface area (Å²) in [5, 5.41) is 8.12. The Labute approximate surface area is 167 Å². The number of esters is 1. The fourth-order valence-electron chi connectivity index (χ4n) is 2.56. The lowest BCUT2D eigenvalue weighted by Gasteiger charge is -2.10. The number of rotatable bonds is 8. The molecule has 0 aliphatic carbocycles. The first kappa shape index (κ1) is 20.1. The van der Waals surface area contributed by atoms with Gasteiger partial charge in [0.2, 0.25) is 0 Å². The third-order valence-electron chi connectivity index (χ3n) is 4.02. The normalized spacial score (nSPS) is 11.0. The zero-order chi connectivity index (χ0) is 20.6. The van der Waals surface area contributed by atoms with Crippen molar-refractivity contribution in [2.45, 2.75) is 20.1 Å². The van der Waals surface area contributed by atoms with Gasteiger partial charge in [-0.05, 0) is 42.3 Å². The molecule has 0 saturated heterocycles. The summed E-state index contributed by atoms with van der Waals surface area (Å²) in [6.07, 6.45) is 3.74. The predicted molar refractivity (Wildman–Crippen MR) is 108 cm³/mol. The van der Waals surface area contributed by atoms with Gasteiger partial charge in [0.1, 0.15) is 5.52 Å². The molecule has 0 bridgehead atoms. The van der Waals surface area contributed by atoms with Gasteiger partial charge in [0.25, 0.3) is 5.56 Å². The van der Waals surface area contributed by atoms with Gasteiger partial charge in [-0.1, -0.05) is 30.3 Å². The summed E-state index contributed by atoms with van der Waals surface area (Å²) in [7, 11) is 1.55. The molecule has 1 aromatic heterocycles. The minimum atomic E-state index is -0.614. The van der Waals surface area contributed by atoms with E-state index in [1.54, 1.807) is 55.7 Å². The fourth-order valence-corrected chi connectivity index (χ4v) is 2.56. The standard InChI is InChI=1S/C21H21N3O5/c1-3-12-28-18-10-8-15(13-19(18)27-2)9-11-20(25)29-14-24-21(26)16-6-4-5-7-17(16)22-23-24/h4-11,13H,3,12,14H2,1-2H3/b11-9+. The maximum Gasteiger partial charge on any atom is 0.332 e. The van der Waals surface area contributed by atoms with Crippen LogP contribution in [0.5, 0.6) is 11.5 Å².